The Balaban J connectivity index is 0.00000256. The van der Waals surface area contributed by atoms with Crippen LogP contribution in [-0.2, 0) is 21.4 Å². The number of sulfonamides is 1. The maximum Gasteiger partial charge on any atom is 0.269 e. The van der Waals surface area contributed by atoms with Crippen molar-refractivity contribution in [1.82, 2.24) is 14.1 Å². The van der Waals surface area contributed by atoms with Crippen molar-refractivity contribution in [1.29, 1.82) is 0 Å². The van der Waals surface area contributed by atoms with Gasteiger partial charge in [-0.1, -0.05) is 42.5 Å². The number of nitrogens with zero attached hydrogens (tertiary/aromatic N) is 3. The van der Waals surface area contributed by atoms with Crippen LogP contribution in [0.4, 0.5) is 0 Å². The first-order valence-corrected chi connectivity index (χ1v) is 11.1. The third-order valence-electron chi connectivity index (χ3n) is 5.41. The summed E-state index contributed by atoms with van der Waals surface area (Å²) in [6.45, 7) is 3.47. The Morgan fingerprint density at radius 1 is 0.900 bits per heavy atom. The summed E-state index contributed by atoms with van der Waals surface area (Å²) in [5.41, 5.74) is 1.42. The highest BCUT2D eigenvalue weighted by Crippen LogP contribution is 2.29. The number of halogens is 1. The van der Waals surface area contributed by atoms with E-state index in [1.165, 1.54) is 17.7 Å². The lowest BCUT2D eigenvalue weighted by Crippen LogP contribution is -2.49. The number of carbonyl (C=O) groups excluding carboxylic acids is 2. The SMILES string of the molecule is Cl.O=C(CCN1C(=O)c2ccccc2S1(=O)=O)N1CCN(Cc2ccccc2)CC1. The molecule has 1 saturated heterocycles. The molecule has 0 saturated carbocycles. The van der Waals surface area contributed by atoms with Gasteiger partial charge >= 0.3 is 0 Å². The van der Waals surface area contributed by atoms with E-state index in [-0.39, 0.29) is 41.7 Å². The normalized spacial score (nSPS) is 18.1. The van der Waals surface area contributed by atoms with E-state index in [0.717, 1.165) is 23.9 Å². The van der Waals surface area contributed by atoms with Crippen LogP contribution < -0.4 is 0 Å². The van der Waals surface area contributed by atoms with Crippen LogP contribution in [0.2, 0.25) is 0 Å². The van der Waals surface area contributed by atoms with E-state index in [9.17, 15) is 18.0 Å². The van der Waals surface area contributed by atoms with Gasteiger partial charge in [-0.05, 0) is 17.7 Å². The summed E-state index contributed by atoms with van der Waals surface area (Å²) in [6.07, 6.45) is -0.00234. The number of benzene rings is 2. The average molecular weight is 450 g/mol. The monoisotopic (exact) mass is 449 g/mol. The predicted molar refractivity (Wildman–Crippen MR) is 115 cm³/mol. The first-order chi connectivity index (χ1) is 14.0. The van der Waals surface area contributed by atoms with E-state index < -0.39 is 15.9 Å². The number of hydrogen-bond donors (Lipinski definition) is 0. The van der Waals surface area contributed by atoms with Crippen molar-refractivity contribution in [2.24, 2.45) is 0 Å². The quantitative estimate of drug-likeness (QED) is 0.697. The number of fused-ring (bicyclic) bond motifs is 1. The van der Waals surface area contributed by atoms with Crippen LogP contribution in [0.25, 0.3) is 0 Å². The van der Waals surface area contributed by atoms with Crippen LogP contribution in [0.5, 0.6) is 0 Å². The molecule has 0 radical (unpaired) electrons. The van der Waals surface area contributed by atoms with Crippen molar-refractivity contribution in [2.75, 3.05) is 32.7 Å². The van der Waals surface area contributed by atoms with Crippen LogP contribution >= 0.6 is 12.4 Å². The van der Waals surface area contributed by atoms with Gasteiger partial charge in [-0.15, -0.1) is 12.4 Å². The van der Waals surface area contributed by atoms with Crippen molar-refractivity contribution < 1.29 is 18.0 Å². The van der Waals surface area contributed by atoms with Crippen molar-refractivity contribution in [2.45, 2.75) is 17.9 Å². The molecule has 9 heteroatoms. The second-order valence-corrected chi connectivity index (χ2v) is 9.10. The van der Waals surface area contributed by atoms with Crippen LogP contribution in [0.1, 0.15) is 22.3 Å². The van der Waals surface area contributed by atoms with Gasteiger partial charge in [0.1, 0.15) is 4.90 Å². The summed E-state index contributed by atoms with van der Waals surface area (Å²) >= 11 is 0. The van der Waals surface area contributed by atoms with Gasteiger partial charge in [0.2, 0.25) is 5.91 Å². The Morgan fingerprint density at radius 2 is 1.53 bits per heavy atom. The van der Waals surface area contributed by atoms with Crippen molar-refractivity contribution >= 4 is 34.2 Å². The molecule has 2 amide bonds. The fourth-order valence-corrected chi connectivity index (χ4v) is 5.37. The van der Waals surface area contributed by atoms with Gasteiger partial charge in [-0.2, -0.15) is 0 Å². The highest BCUT2D eigenvalue weighted by molar-refractivity contribution is 7.90. The molecule has 160 valence electrons. The highest BCUT2D eigenvalue weighted by atomic mass is 35.5. The largest absolute Gasteiger partial charge is 0.340 e. The van der Waals surface area contributed by atoms with Crippen molar-refractivity contribution in [3.63, 3.8) is 0 Å². The summed E-state index contributed by atoms with van der Waals surface area (Å²) in [4.78, 5) is 29.1. The molecule has 2 aromatic rings. The lowest BCUT2D eigenvalue weighted by atomic mass is 10.2. The minimum Gasteiger partial charge on any atom is -0.340 e. The van der Waals surface area contributed by atoms with E-state index in [1.807, 2.05) is 18.2 Å². The average Bonchev–Trinajstić information content (AvgIpc) is 2.93. The van der Waals surface area contributed by atoms with E-state index in [1.54, 1.807) is 17.0 Å². The zero-order chi connectivity index (χ0) is 20.4. The zero-order valence-electron chi connectivity index (χ0n) is 16.4. The standard InChI is InChI=1S/C21H23N3O4S.ClH/c25-20(23-14-12-22(13-15-23)16-17-6-2-1-3-7-17)10-11-24-21(26)18-8-4-5-9-19(18)29(24,27)28;/h1-9H,10-16H2;1H. The first-order valence-electron chi connectivity index (χ1n) is 9.67. The second kappa shape index (κ2) is 9.16. The molecule has 7 nitrogen and oxygen atoms in total. The van der Waals surface area contributed by atoms with Crippen LogP contribution in [0.15, 0.2) is 59.5 Å². The van der Waals surface area contributed by atoms with Gasteiger partial charge in [0, 0.05) is 45.7 Å². The van der Waals surface area contributed by atoms with Gasteiger partial charge in [0.25, 0.3) is 15.9 Å². The fourth-order valence-electron chi connectivity index (χ4n) is 3.80. The predicted octanol–water partition coefficient (Wildman–Crippen LogP) is 1.99. The lowest BCUT2D eigenvalue weighted by molar-refractivity contribution is -0.133. The molecular formula is C21H24ClN3O4S. The summed E-state index contributed by atoms with van der Waals surface area (Å²) in [7, 11) is -3.86. The van der Waals surface area contributed by atoms with E-state index in [2.05, 4.69) is 17.0 Å². The Morgan fingerprint density at radius 3 is 2.20 bits per heavy atom. The topological polar surface area (TPSA) is 78.0 Å². The molecule has 2 aliphatic heterocycles. The number of amides is 2. The molecule has 0 aromatic heterocycles. The highest BCUT2D eigenvalue weighted by Gasteiger charge is 2.40. The molecule has 0 unspecified atom stereocenters. The van der Waals surface area contributed by atoms with Crippen LogP contribution in [-0.4, -0.2) is 67.1 Å². The Labute approximate surface area is 182 Å². The molecular weight excluding hydrogens is 426 g/mol. The fraction of sp³-hybridized carbons (Fsp3) is 0.333. The maximum atomic E-state index is 12.6. The number of piperazine rings is 1. The van der Waals surface area contributed by atoms with Gasteiger partial charge in [-0.25, -0.2) is 12.7 Å². The first kappa shape index (κ1) is 22.3. The summed E-state index contributed by atoms with van der Waals surface area (Å²) < 4.78 is 26.0. The third kappa shape index (κ3) is 4.35. The molecule has 0 bridgehead atoms. The lowest BCUT2D eigenvalue weighted by Gasteiger charge is -2.35. The Bertz CT molecular complexity index is 1020. The van der Waals surface area contributed by atoms with Crippen molar-refractivity contribution in [3.05, 3.63) is 65.7 Å². The Hall–Kier alpha value is -2.42. The summed E-state index contributed by atoms with van der Waals surface area (Å²) in [6, 6.07) is 16.3. The zero-order valence-corrected chi connectivity index (χ0v) is 18.1. The van der Waals surface area contributed by atoms with Crippen LogP contribution in [0, 0.1) is 0 Å². The van der Waals surface area contributed by atoms with Gasteiger partial charge < -0.3 is 4.90 Å². The van der Waals surface area contributed by atoms with E-state index >= 15 is 0 Å². The van der Waals surface area contributed by atoms with Gasteiger partial charge in [0.05, 0.1) is 5.56 Å². The van der Waals surface area contributed by atoms with E-state index in [4.69, 9.17) is 0 Å². The smallest absolute Gasteiger partial charge is 0.269 e. The van der Waals surface area contributed by atoms with Gasteiger partial charge in [-0.3, -0.25) is 14.5 Å². The van der Waals surface area contributed by atoms with E-state index in [0.29, 0.717) is 13.1 Å². The molecule has 1 fully saturated rings. The minimum atomic E-state index is -3.86. The molecule has 0 N–H and O–H groups in total. The summed E-state index contributed by atoms with van der Waals surface area (Å²) in [5, 5.41) is 0. The Kier molecular flexibility index (Phi) is 6.80. The molecule has 4 rings (SSSR count). The summed E-state index contributed by atoms with van der Waals surface area (Å²) in [5.74, 6) is -0.676. The molecule has 2 heterocycles. The molecule has 30 heavy (non-hydrogen) atoms. The minimum absolute atomic E-state index is 0. The van der Waals surface area contributed by atoms with Gasteiger partial charge in [0.15, 0.2) is 0 Å². The molecule has 0 atom stereocenters. The molecule has 2 aromatic carbocycles. The number of rotatable bonds is 5. The van der Waals surface area contributed by atoms with Crippen molar-refractivity contribution in [3.8, 4) is 0 Å². The molecule has 0 aliphatic carbocycles. The molecule has 2 aliphatic rings. The second-order valence-electron chi connectivity index (χ2n) is 7.27. The third-order valence-corrected chi connectivity index (χ3v) is 7.26. The number of hydrogen-bond acceptors (Lipinski definition) is 5. The van der Waals surface area contributed by atoms with Crippen LogP contribution in [0.3, 0.4) is 0 Å². The number of carbonyl (C=O) groups is 2. The maximum absolute atomic E-state index is 12.6. The molecule has 0 spiro atoms.